The van der Waals surface area contributed by atoms with Crippen molar-refractivity contribution in [3.8, 4) is 0 Å². The molecule has 0 radical (unpaired) electrons. The van der Waals surface area contributed by atoms with Gasteiger partial charge in [0.15, 0.2) is 0 Å². The van der Waals surface area contributed by atoms with Crippen LogP contribution in [-0.2, 0) is 0 Å². The van der Waals surface area contributed by atoms with Crippen molar-refractivity contribution in [3.63, 3.8) is 0 Å². The van der Waals surface area contributed by atoms with Crippen molar-refractivity contribution in [1.82, 2.24) is 10.2 Å². The highest BCUT2D eigenvalue weighted by molar-refractivity contribution is 5.73. The summed E-state index contributed by atoms with van der Waals surface area (Å²) in [5.74, 6) is 0. The van der Waals surface area contributed by atoms with E-state index >= 15 is 0 Å². The Morgan fingerprint density at radius 3 is 2.27 bits per heavy atom. The highest BCUT2D eigenvalue weighted by Gasteiger charge is 2.47. The second-order valence-corrected chi connectivity index (χ2v) is 8.56. The molecule has 3 N–H and O–H groups in total. The number of rotatable bonds is 3. The Balaban J connectivity index is 3.00. The predicted octanol–water partition coefficient (Wildman–Crippen LogP) is 2.00. The van der Waals surface area contributed by atoms with Crippen LogP contribution in [0, 0.1) is 10.8 Å². The molecule has 1 rings (SSSR count). The van der Waals surface area contributed by atoms with Crippen LogP contribution in [-0.4, -0.2) is 62.2 Å². The molecule has 2 unspecified atom stereocenters. The Labute approximate surface area is 134 Å². The van der Waals surface area contributed by atoms with Gasteiger partial charge in [0.25, 0.3) is 0 Å². The zero-order valence-corrected chi connectivity index (χ0v) is 15.2. The molecule has 0 spiro atoms. The normalized spacial score (nSPS) is 28.0. The van der Waals surface area contributed by atoms with E-state index in [9.17, 15) is 9.59 Å². The molecule has 0 saturated heterocycles. The molecule has 1 fully saturated rings. The largest absolute Gasteiger partial charge is 0.413 e. The average molecular weight is 313 g/mol. The number of hydrogen-bond acceptors (Lipinski definition) is 2. The van der Waals surface area contributed by atoms with Crippen molar-refractivity contribution in [1.29, 1.82) is 0 Å². The minimum atomic E-state index is -0.319. The average Bonchev–Trinajstić information content (AvgIpc) is 2.32. The molecule has 0 aromatic carbocycles. The van der Waals surface area contributed by atoms with Crippen LogP contribution in [0.15, 0.2) is 0 Å². The van der Waals surface area contributed by atoms with Crippen molar-refractivity contribution in [2.45, 2.75) is 46.1 Å². The minimum absolute atomic E-state index is 0.0345. The van der Waals surface area contributed by atoms with E-state index in [0.717, 1.165) is 19.3 Å². The number of amides is 4. The number of hydrogen-bond donors (Lipinski definition) is 2. The fourth-order valence-electron chi connectivity index (χ4n) is 4.35. The van der Waals surface area contributed by atoms with Gasteiger partial charge in [-0.1, -0.05) is 20.8 Å². The summed E-state index contributed by atoms with van der Waals surface area (Å²) in [4.78, 5) is 25.4. The maximum Gasteiger partial charge on any atom is 0.413 e. The first-order valence-electron chi connectivity index (χ1n) is 7.89. The van der Waals surface area contributed by atoms with E-state index in [1.807, 2.05) is 21.1 Å². The van der Waals surface area contributed by atoms with E-state index in [-0.39, 0.29) is 33.4 Å². The van der Waals surface area contributed by atoms with Crippen molar-refractivity contribution in [3.05, 3.63) is 0 Å². The first-order valence-corrected chi connectivity index (χ1v) is 7.89. The van der Waals surface area contributed by atoms with Crippen LogP contribution in [0.3, 0.4) is 0 Å². The lowest BCUT2D eigenvalue weighted by Crippen LogP contribution is -2.58. The summed E-state index contributed by atoms with van der Waals surface area (Å²) in [7, 11) is 7.21. The monoisotopic (exact) mass is 313 g/mol. The second kappa shape index (κ2) is 6.07. The van der Waals surface area contributed by atoms with Gasteiger partial charge in [-0.15, -0.1) is 0 Å². The van der Waals surface area contributed by atoms with Gasteiger partial charge in [0, 0.05) is 25.6 Å². The van der Waals surface area contributed by atoms with Gasteiger partial charge in [-0.2, -0.15) is 0 Å². The van der Waals surface area contributed by atoms with E-state index in [4.69, 9.17) is 5.73 Å². The number of carbonyl (C=O) groups is 2. The Hall–Kier alpha value is -1.30. The van der Waals surface area contributed by atoms with E-state index in [2.05, 4.69) is 26.1 Å². The molecule has 0 aromatic rings. The summed E-state index contributed by atoms with van der Waals surface area (Å²) >= 11 is 0. The number of nitrogens with one attached hydrogen (secondary N) is 1. The van der Waals surface area contributed by atoms with Crippen LogP contribution >= 0.6 is 0 Å². The summed E-state index contributed by atoms with van der Waals surface area (Å²) in [6, 6.07) is -0.212. The lowest BCUT2D eigenvalue weighted by molar-refractivity contribution is -0.816. The third-order valence-corrected chi connectivity index (χ3v) is 4.88. The number of nitrogens with zero attached hydrogens (tertiary/aromatic N) is 2. The Kier molecular flexibility index (Phi) is 5.17. The molecule has 0 aliphatic heterocycles. The first-order chi connectivity index (χ1) is 9.82. The molecule has 0 heterocycles. The predicted molar refractivity (Wildman–Crippen MR) is 88.3 cm³/mol. The van der Waals surface area contributed by atoms with Crippen molar-refractivity contribution < 1.29 is 14.1 Å². The van der Waals surface area contributed by atoms with E-state index in [1.54, 1.807) is 11.9 Å². The highest BCUT2D eigenvalue weighted by atomic mass is 16.2. The number of quaternary nitrogens is 1. The molecule has 1 aliphatic carbocycles. The Bertz CT molecular complexity index is 447. The van der Waals surface area contributed by atoms with E-state index in [0.29, 0.717) is 6.54 Å². The first kappa shape index (κ1) is 18.7. The van der Waals surface area contributed by atoms with Crippen molar-refractivity contribution in [2.24, 2.45) is 16.6 Å². The molecule has 4 amide bonds. The van der Waals surface area contributed by atoms with Gasteiger partial charge in [-0.05, 0) is 24.7 Å². The third kappa shape index (κ3) is 4.35. The van der Waals surface area contributed by atoms with Crippen LogP contribution in [0.5, 0.6) is 0 Å². The SMILES string of the molecule is CNC(=O)N(C)C1CC(C)(C)CC(C)(C[N+](C)(C)C(N)=O)C1. The lowest BCUT2D eigenvalue weighted by Gasteiger charge is -2.50. The van der Waals surface area contributed by atoms with Crippen LogP contribution < -0.4 is 11.1 Å². The molecule has 1 aliphatic rings. The summed E-state index contributed by atoms with van der Waals surface area (Å²) in [5, 5.41) is 2.69. The van der Waals surface area contributed by atoms with Gasteiger partial charge in [-0.3, -0.25) is 0 Å². The van der Waals surface area contributed by atoms with Gasteiger partial charge in [0.1, 0.15) is 0 Å². The maximum absolute atomic E-state index is 12.0. The van der Waals surface area contributed by atoms with Gasteiger partial charge in [0.05, 0.1) is 20.6 Å². The Morgan fingerprint density at radius 1 is 1.27 bits per heavy atom. The Morgan fingerprint density at radius 2 is 1.82 bits per heavy atom. The summed E-state index contributed by atoms with van der Waals surface area (Å²) in [6.07, 6.45) is 2.87. The van der Waals surface area contributed by atoms with Crippen LogP contribution in [0.1, 0.15) is 40.0 Å². The van der Waals surface area contributed by atoms with Gasteiger partial charge in [0.2, 0.25) is 0 Å². The van der Waals surface area contributed by atoms with Crippen LogP contribution in [0.4, 0.5) is 9.59 Å². The lowest BCUT2D eigenvalue weighted by atomic mass is 9.62. The molecular weight excluding hydrogens is 280 g/mol. The number of carbonyl (C=O) groups excluding carboxylic acids is 2. The quantitative estimate of drug-likeness (QED) is 0.782. The number of nitrogens with two attached hydrogens (primary N) is 1. The van der Waals surface area contributed by atoms with Gasteiger partial charge in [-0.25, -0.2) is 14.1 Å². The fourth-order valence-corrected chi connectivity index (χ4v) is 4.35. The molecule has 128 valence electrons. The zero-order valence-electron chi connectivity index (χ0n) is 15.2. The van der Waals surface area contributed by atoms with E-state index < -0.39 is 0 Å². The summed E-state index contributed by atoms with van der Waals surface area (Å²) < 4.78 is 0.170. The number of urea groups is 2. The minimum Gasteiger partial charge on any atom is -0.341 e. The van der Waals surface area contributed by atoms with Crippen LogP contribution in [0.2, 0.25) is 0 Å². The number of primary amides is 1. The molecule has 1 saturated carbocycles. The smallest absolute Gasteiger partial charge is 0.341 e. The van der Waals surface area contributed by atoms with E-state index in [1.165, 1.54) is 0 Å². The molecule has 6 nitrogen and oxygen atoms in total. The fraction of sp³-hybridized carbons (Fsp3) is 0.875. The second-order valence-electron chi connectivity index (χ2n) is 8.56. The molecule has 22 heavy (non-hydrogen) atoms. The third-order valence-electron chi connectivity index (χ3n) is 4.88. The summed E-state index contributed by atoms with van der Waals surface area (Å²) in [6.45, 7) is 7.37. The van der Waals surface area contributed by atoms with Crippen molar-refractivity contribution >= 4 is 12.1 Å². The van der Waals surface area contributed by atoms with Crippen LogP contribution in [0.25, 0.3) is 0 Å². The molecule has 0 bridgehead atoms. The zero-order chi connectivity index (χ0) is 17.3. The van der Waals surface area contributed by atoms with Gasteiger partial charge < -0.3 is 16.0 Å². The van der Waals surface area contributed by atoms with Crippen molar-refractivity contribution in [2.75, 3.05) is 34.7 Å². The molecule has 0 aromatic heterocycles. The molecule has 6 heteroatoms. The summed E-state index contributed by atoms with van der Waals surface area (Å²) in [5.41, 5.74) is 5.62. The van der Waals surface area contributed by atoms with Gasteiger partial charge >= 0.3 is 12.1 Å². The highest BCUT2D eigenvalue weighted by Crippen LogP contribution is 2.48. The molecule has 2 atom stereocenters. The standard InChI is InChI=1S/C16H32N4O2/c1-15(2)8-12(19(5)14(22)18-4)9-16(3,10-15)11-20(6,7)13(17)21/h12H,8-11H2,1-7H3,(H2-,17,18,21,22)/p+1. The topological polar surface area (TPSA) is 75.4 Å². The molecular formula is C16H33N4O2+. The maximum atomic E-state index is 12.0.